The van der Waals surface area contributed by atoms with Gasteiger partial charge < -0.3 is 10.1 Å². The van der Waals surface area contributed by atoms with E-state index in [0.29, 0.717) is 5.75 Å². The molecule has 1 aliphatic heterocycles. The number of Topliss-reactive ketones (excluding diaryl/α,β-unsaturated/α-hetero) is 1. The van der Waals surface area contributed by atoms with Crippen molar-refractivity contribution >= 4 is 34.6 Å². The number of rotatable bonds is 4. The van der Waals surface area contributed by atoms with E-state index in [0.717, 1.165) is 16.2 Å². The summed E-state index contributed by atoms with van der Waals surface area (Å²) in [4.78, 5) is 40.5. The molecule has 1 atom stereocenters. The summed E-state index contributed by atoms with van der Waals surface area (Å²) in [6, 6.07) is 8.78. The molecule has 10 heteroatoms. The predicted molar refractivity (Wildman–Crippen MR) is 116 cm³/mol. The molecule has 0 saturated heterocycles. The minimum atomic E-state index is -5.25. The van der Waals surface area contributed by atoms with E-state index in [-0.39, 0.29) is 29.1 Å². The second kappa shape index (κ2) is 7.72. The van der Waals surface area contributed by atoms with Crippen molar-refractivity contribution in [3.8, 4) is 5.75 Å². The molecule has 1 N–H and O–H groups in total. The van der Waals surface area contributed by atoms with Crippen molar-refractivity contribution < 1.29 is 32.3 Å². The third-order valence-electron chi connectivity index (χ3n) is 5.82. The first-order valence-electron chi connectivity index (χ1n) is 10.1. The zero-order valence-electron chi connectivity index (χ0n) is 18.1. The third kappa shape index (κ3) is 3.62. The number of ether oxygens (including phenoxy) is 1. The lowest BCUT2D eigenvalue weighted by atomic mass is 9.72. The molecule has 0 bridgehead atoms. The monoisotopic (exact) mass is 478 g/mol. The van der Waals surface area contributed by atoms with Crippen LogP contribution in [0.3, 0.4) is 0 Å². The number of alkyl halides is 3. The average Bonchev–Trinajstić information content (AvgIpc) is 3.33. The number of nitrogens with zero attached hydrogens (tertiary/aromatic N) is 1. The van der Waals surface area contributed by atoms with Gasteiger partial charge in [0.05, 0.1) is 17.6 Å². The maximum atomic E-state index is 14.7. The van der Waals surface area contributed by atoms with Crippen LogP contribution in [0.15, 0.2) is 53.0 Å². The van der Waals surface area contributed by atoms with Crippen LogP contribution < -0.4 is 15.0 Å². The molecule has 4 rings (SSSR count). The van der Waals surface area contributed by atoms with Gasteiger partial charge in [0.1, 0.15) is 5.75 Å². The number of halogens is 3. The molecule has 2 amide bonds. The summed E-state index contributed by atoms with van der Waals surface area (Å²) in [5.41, 5.74) is -4.75. The fraction of sp³-hybridized carbons (Fsp3) is 0.348. The standard InChI is InChI=1S/C23H21F3N2O4S/c1-21(2)11-15-18(16(29)12-21)22(23(24,25)26,27-19(30)17-5-4-10-33-17)20(31)28(15)13-6-8-14(32-3)9-7-13/h4-10H,11-12H2,1-3H3,(H,27,30)/t22-/m0/s1. The SMILES string of the molecule is COc1ccc(N2C(=O)[C@](NC(=O)c3cccs3)(C(F)(F)F)C3=C2CC(C)(C)CC3=O)cc1. The van der Waals surface area contributed by atoms with Crippen LogP contribution in [0.4, 0.5) is 18.9 Å². The van der Waals surface area contributed by atoms with E-state index in [9.17, 15) is 27.6 Å². The van der Waals surface area contributed by atoms with Gasteiger partial charge in [-0.15, -0.1) is 11.3 Å². The Labute approximate surface area is 192 Å². The highest BCUT2D eigenvalue weighted by Gasteiger charge is 2.72. The maximum Gasteiger partial charge on any atom is 0.425 e. The third-order valence-corrected chi connectivity index (χ3v) is 6.69. The first-order valence-corrected chi connectivity index (χ1v) is 11.0. The molecule has 2 heterocycles. The van der Waals surface area contributed by atoms with Crippen molar-refractivity contribution in [3.63, 3.8) is 0 Å². The average molecular weight is 478 g/mol. The molecule has 33 heavy (non-hydrogen) atoms. The van der Waals surface area contributed by atoms with Crippen molar-refractivity contribution in [1.29, 1.82) is 0 Å². The highest BCUT2D eigenvalue weighted by Crippen LogP contribution is 2.53. The lowest BCUT2D eigenvalue weighted by molar-refractivity contribution is -0.186. The van der Waals surface area contributed by atoms with Gasteiger partial charge in [-0.05, 0) is 47.5 Å². The molecule has 1 aromatic heterocycles. The summed E-state index contributed by atoms with van der Waals surface area (Å²) in [6.07, 6.45) is -5.38. The molecule has 174 valence electrons. The van der Waals surface area contributed by atoms with E-state index in [2.05, 4.69) is 0 Å². The van der Waals surface area contributed by atoms with Crippen LogP contribution in [-0.4, -0.2) is 36.4 Å². The van der Waals surface area contributed by atoms with Crippen LogP contribution in [0.25, 0.3) is 0 Å². The van der Waals surface area contributed by atoms with Gasteiger partial charge >= 0.3 is 6.18 Å². The number of thiophene rings is 1. The topological polar surface area (TPSA) is 75.7 Å². The second-order valence-corrected chi connectivity index (χ2v) is 9.73. The van der Waals surface area contributed by atoms with E-state index < -0.39 is 40.3 Å². The summed E-state index contributed by atoms with van der Waals surface area (Å²) in [5, 5.41) is 3.45. The Morgan fingerprint density at radius 3 is 2.33 bits per heavy atom. The Morgan fingerprint density at radius 1 is 1.12 bits per heavy atom. The maximum absolute atomic E-state index is 14.7. The van der Waals surface area contributed by atoms with Crippen molar-refractivity contribution in [2.45, 2.75) is 38.4 Å². The number of carbonyl (C=O) groups excluding carboxylic acids is 3. The number of carbonyl (C=O) groups is 3. The van der Waals surface area contributed by atoms with Gasteiger partial charge in [0.25, 0.3) is 11.8 Å². The quantitative estimate of drug-likeness (QED) is 0.703. The van der Waals surface area contributed by atoms with E-state index in [1.165, 1.54) is 48.9 Å². The summed E-state index contributed by atoms with van der Waals surface area (Å²) in [6.45, 7) is 3.51. The molecule has 0 unspecified atom stereocenters. The Morgan fingerprint density at radius 2 is 1.79 bits per heavy atom. The molecule has 0 radical (unpaired) electrons. The van der Waals surface area contributed by atoms with Crippen LogP contribution in [0.5, 0.6) is 5.75 Å². The number of benzene rings is 1. The first-order chi connectivity index (χ1) is 15.4. The molecule has 1 aliphatic carbocycles. The molecule has 0 saturated carbocycles. The molecular formula is C23H21F3N2O4S. The molecule has 0 fully saturated rings. The molecular weight excluding hydrogens is 457 g/mol. The van der Waals surface area contributed by atoms with Gasteiger partial charge in [-0.1, -0.05) is 19.9 Å². The molecule has 0 spiro atoms. The fourth-order valence-electron chi connectivity index (χ4n) is 4.40. The zero-order chi connectivity index (χ0) is 24.2. The van der Waals surface area contributed by atoms with Gasteiger partial charge in [0.2, 0.25) is 5.54 Å². The second-order valence-electron chi connectivity index (χ2n) is 8.78. The van der Waals surface area contributed by atoms with Crippen molar-refractivity contribution in [2.75, 3.05) is 12.0 Å². The number of nitrogens with one attached hydrogen (secondary N) is 1. The Balaban J connectivity index is 1.93. The van der Waals surface area contributed by atoms with E-state index in [4.69, 9.17) is 4.74 Å². The van der Waals surface area contributed by atoms with Crippen LogP contribution in [0.1, 0.15) is 36.4 Å². The van der Waals surface area contributed by atoms with E-state index >= 15 is 0 Å². The number of methoxy groups -OCH3 is 1. The smallest absolute Gasteiger partial charge is 0.425 e. The summed E-state index contributed by atoms with van der Waals surface area (Å²) >= 11 is 0.937. The summed E-state index contributed by atoms with van der Waals surface area (Å²) in [7, 11) is 1.44. The Hall–Kier alpha value is -3.14. The Kier molecular flexibility index (Phi) is 5.39. The molecule has 2 aliphatic rings. The number of hydrogen-bond acceptors (Lipinski definition) is 5. The highest BCUT2D eigenvalue weighted by atomic mass is 32.1. The molecule has 2 aromatic rings. The number of ketones is 1. The molecule has 6 nitrogen and oxygen atoms in total. The normalized spacial score (nSPS) is 22.4. The van der Waals surface area contributed by atoms with Crippen LogP contribution >= 0.6 is 11.3 Å². The zero-order valence-corrected chi connectivity index (χ0v) is 18.9. The first kappa shape index (κ1) is 23.0. The van der Waals surface area contributed by atoms with Gasteiger partial charge in [-0.25, -0.2) is 0 Å². The van der Waals surface area contributed by atoms with Crippen LogP contribution in [-0.2, 0) is 9.59 Å². The van der Waals surface area contributed by atoms with Crippen LogP contribution in [0.2, 0.25) is 0 Å². The van der Waals surface area contributed by atoms with E-state index in [1.807, 2.05) is 5.32 Å². The number of allylic oxidation sites excluding steroid dienone is 1. The van der Waals surface area contributed by atoms with E-state index in [1.54, 1.807) is 13.8 Å². The largest absolute Gasteiger partial charge is 0.497 e. The lowest BCUT2D eigenvalue weighted by Gasteiger charge is -2.35. The van der Waals surface area contributed by atoms with Gasteiger partial charge in [0.15, 0.2) is 5.78 Å². The Bertz CT molecular complexity index is 1150. The van der Waals surface area contributed by atoms with Gasteiger partial charge in [-0.3, -0.25) is 19.3 Å². The van der Waals surface area contributed by atoms with Crippen molar-refractivity contribution in [1.82, 2.24) is 5.32 Å². The minimum absolute atomic E-state index is 0.0000563. The van der Waals surface area contributed by atoms with Gasteiger partial charge in [0, 0.05) is 17.8 Å². The summed E-state index contributed by atoms with van der Waals surface area (Å²) in [5.74, 6) is -2.86. The van der Waals surface area contributed by atoms with Crippen LogP contribution in [0, 0.1) is 5.41 Å². The predicted octanol–water partition coefficient (Wildman–Crippen LogP) is 4.48. The number of anilines is 1. The van der Waals surface area contributed by atoms with Crippen molar-refractivity contribution in [3.05, 3.63) is 57.9 Å². The number of hydrogen-bond donors (Lipinski definition) is 1. The fourth-order valence-corrected chi connectivity index (χ4v) is 5.01. The minimum Gasteiger partial charge on any atom is -0.497 e. The lowest BCUT2D eigenvalue weighted by Crippen LogP contribution is -2.66. The highest BCUT2D eigenvalue weighted by molar-refractivity contribution is 7.12. The van der Waals surface area contributed by atoms with Gasteiger partial charge in [-0.2, -0.15) is 13.2 Å². The summed E-state index contributed by atoms with van der Waals surface area (Å²) < 4.78 is 49.3. The number of amides is 2. The molecule has 1 aromatic carbocycles. The van der Waals surface area contributed by atoms with Crippen molar-refractivity contribution in [2.24, 2.45) is 5.41 Å².